The first-order valence-electron chi connectivity index (χ1n) is 9.74. The number of carbonyl (C=O) groups excluding carboxylic acids is 3. The van der Waals surface area contributed by atoms with E-state index in [0.29, 0.717) is 38.0 Å². The van der Waals surface area contributed by atoms with E-state index in [4.69, 9.17) is 5.11 Å². The van der Waals surface area contributed by atoms with E-state index in [2.05, 4.69) is 5.32 Å². The van der Waals surface area contributed by atoms with E-state index in [1.165, 1.54) is 0 Å². The predicted octanol–water partition coefficient (Wildman–Crippen LogP) is 0.440. The molecule has 0 aromatic heterocycles. The molecule has 2 fully saturated rings. The highest BCUT2D eigenvalue weighted by Gasteiger charge is 2.33. The molecule has 0 aliphatic carbocycles. The van der Waals surface area contributed by atoms with Gasteiger partial charge in [0.15, 0.2) is 0 Å². The highest BCUT2D eigenvalue weighted by atomic mass is 16.4. The zero-order valence-corrected chi connectivity index (χ0v) is 16.4. The number of imide groups is 1. The minimum atomic E-state index is -0.855. The molecular formula is C20H26N4O5. The fraction of sp³-hybridized carbons (Fsp3) is 0.500. The lowest BCUT2D eigenvalue weighted by Crippen LogP contribution is -2.52. The third-order valence-corrected chi connectivity index (χ3v) is 5.64. The first kappa shape index (κ1) is 20.8. The van der Waals surface area contributed by atoms with Gasteiger partial charge in [0.2, 0.25) is 18.2 Å². The Labute approximate surface area is 169 Å². The zero-order valence-electron chi connectivity index (χ0n) is 16.4. The van der Waals surface area contributed by atoms with Gasteiger partial charge in [0.25, 0.3) is 0 Å². The van der Waals surface area contributed by atoms with Gasteiger partial charge in [-0.05, 0) is 31.4 Å². The summed E-state index contributed by atoms with van der Waals surface area (Å²) in [6, 6.07) is 6.85. The Morgan fingerprint density at radius 2 is 1.86 bits per heavy atom. The summed E-state index contributed by atoms with van der Waals surface area (Å²) >= 11 is 0. The van der Waals surface area contributed by atoms with Crippen LogP contribution >= 0.6 is 0 Å². The fourth-order valence-corrected chi connectivity index (χ4v) is 4.09. The maximum Gasteiger partial charge on any atom is 0.317 e. The van der Waals surface area contributed by atoms with Crippen molar-refractivity contribution >= 4 is 35.6 Å². The van der Waals surface area contributed by atoms with E-state index in [1.807, 2.05) is 34.1 Å². The van der Waals surface area contributed by atoms with Crippen LogP contribution in [0, 0.1) is 0 Å². The number of hydrogen-bond donors (Lipinski definition) is 2. The molecule has 1 aromatic carbocycles. The van der Waals surface area contributed by atoms with E-state index >= 15 is 0 Å². The van der Waals surface area contributed by atoms with Crippen LogP contribution in [0.1, 0.15) is 25.7 Å². The number of carboxylic acids is 1. The number of likely N-dealkylation sites (N-methyl/N-ethyl adjacent to an activating group) is 1. The van der Waals surface area contributed by atoms with Gasteiger partial charge < -0.3 is 14.9 Å². The van der Waals surface area contributed by atoms with Crippen LogP contribution < -0.4 is 15.1 Å². The van der Waals surface area contributed by atoms with Crippen LogP contribution in [0.25, 0.3) is 0 Å². The quantitative estimate of drug-likeness (QED) is 0.503. The van der Waals surface area contributed by atoms with Crippen LogP contribution in [0.3, 0.4) is 0 Å². The first-order valence-corrected chi connectivity index (χ1v) is 9.74. The van der Waals surface area contributed by atoms with E-state index in [1.54, 1.807) is 11.9 Å². The number of para-hydroxylation sites is 2. The Balaban J connectivity index is 1.78. The molecule has 2 aliphatic heterocycles. The molecule has 2 heterocycles. The Bertz CT molecular complexity index is 791. The fourth-order valence-electron chi connectivity index (χ4n) is 4.09. The molecule has 0 spiro atoms. The summed E-state index contributed by atoms with van der Waals surface area (Å²) < 4.78 is 0. The van der Waals surface area contributed by atoms with Gasteiger partial charge in [-0.2, -0.15) is 0 Å². The van der Waals surface area contributed by atoms with E-state index in [-0.39, 0.29) is 30.8 Å². The number of amides is 3. The third-order valence-electron chi connectivity index (χ3n) is 5.64. The van der Waals surface area contributed by atoms with Crippen molar-refractivity contribution in [1.82, 2.24) is 10.2 Å². The molecular weight excluding hydrogens is 376 g/mol. The lowest BCUT2D eigenvalue weighted by molar-refractivity contribution is -0.139. The Hall–Kier alpha value is -2.94. The maximum absolute atomic E-state index is 12.3. The van der Waals surface area contributed by atoms with E-state index < -0.39 is 12.0 Å². The van der Waals surface area contributed by atoms with Crippen molar-refractivity contribution < 1.29 is 24.3 Å². The molecule has 3 amide bonds. The Kier molecular flexibility index (Phi) is 6.48. The second-order valence-corrected chi connectivity index (χ2v) is 7.48. The topological polar surface area (TPSA) is 110 Å². The molecule has 29 heavy (non-hydrogen) atoms. The number of likely N-dealkylation sites (tertiary alicyclic amines) is 1. The monoisotopic (exact) mass is 402 g/mol. The molecule has 0 saturated carbocycles. The van der Waals surface area contributed by atoms with Crippen LogP contribution in [0.15, 0.2) is 24.3 Å². The SMILES string of the molecule is CN(c1ccccc1N(C=O)C1CCN(CC(=O)O)CC1)C1CCC(=O)NC1=O. The van der Waals surface area contributed by atoms with Crippen LogP contribution in [0.2, 0.25) is 0 Å². The third kappa shape index (κ3) is 4.73. The zero-order chi connectivity index (χ0) is 21.0. The lowest BCUT2D eigenvalue weighted by atomic mass is 10.0. The Morgan fingerprint density at radius 1 is 1.21 bits per heavy atom. The number of anilines is 2. The summed E-state index contributed by atoms with van der Waals surface area (Å²) in [6.45, 7) is 1.21. The summed E-state index contributed by atoms with van der Waals surface area (Å²) in [5, 5.41) is 11.3. The smallest absolute Gasteiger partial charge is 0.317 e. The van der Waals surface area contributed by atoms with Gasteiger partial charge in [-0.25, -0.2) is 0 Å². The number of nitrogens with one attached hydrogen (secondary N) is 1. The summed E-state index contributed by atoms with van der Waals surface area (Å²) in [4.78, 5) is 52.0. The largest absolute Gasteiger partial charge is 0.480 e. The van der Waals surface area contributed by atoms with Gasteiger partial charge in [0.1, 0.15) is 6.04 Å². The lowest BCUT2D eigenvalue weighted by Gasteiger charge is -2.39. The van der Waals surface area contributed by atoms with Crippen molar-refractivity contribution in [3.63, 3.8) is 0 Å². The van der Waals surface area contributed by atoms with Crippen molar-refractivity contribution in [3.8, 4) is 0 Å². The van der Waals surface area contributed by atoms with E-state index in [9.17, 15) is 19.2 Å². The van der Waals surface area contributed by atoms with Crippen molar-refractivity contribution in [2.24, 2.45) is 0 Å². The summed E-state index contributed by atoms with van der Waals surface area (Å²) in [5.41, 5.74) is 1.44. The molecule has 9 nitrogen and oxygen atoms in total. The van der Waals surface area contributed by atoms with Crippen LogP contribution in [0.5, 0.6) is 0 Å². The molecule has 2 N–H and O–H groups in total. The normalized spacial score (nSPS) is 20.8. The second-order valence-electron chi connectivity index (χ2n) is 7.48. The molecule has 0 bridgehead atoms. The number of hydrogen-bond acceptors (Lipinski definition) is 6. The van der Waals surface area contributed by atoms with Gasteiger partial charge >= 0.3 is 5.97 Å². The number of carbonyl (C=O) groups is 4. The standard InChI is InChI=1S/C20H26N4O5/c1-22(17-6-7-18(26)21-20(17)29)15-4-2-3-5-16(15)24(13-25)14-8-10-23(11-9-14)12-19(27)28/h2-5,13-14,17H,6-12H2,1H3,(H,27,28)(H,21,26,29). The highest BCUT2D eigenvalue weighted by molar-refractivity contribution is 6.02. The van der Waals surface area contributed by atoms with Crippen molar-refractivity contribution in [1.29, 1.82) is 0 Å². The number of carboxylic acid groups (broad SMARTS) is 1. The number of nitrogens with zero attached hydrogens (tertiary/aromatic N) is 3. The molecule has 0 radical (unpaired) electrons. The molecule has 2 aliphatic rings. The van der Waals surface area contributed by atoms with Gasteiger partial charge in [0, 0.05) is 32.6 Å². The van der Waals surface area contributed by atoms with Crippen LogP contribution in [-0.2, 0) is 19.2 Å². The summed E-state index contributed by atoms with van der Waals surface area (Å²) in [6.07, 6.45) is 2.84. The Morgan fingerprint density at radius 3 is 2.45 bits per heavy atom. The van der Waals surface area contributed by atoms with Crippen molar-refractivity contribution in [2.45, 2.75) is 37.8 Å². The molecule has 2 saturated heterocycles. The van der Waals surface area contributed by atoms with Crippen LogP contribution in [0.4, 0.5) is 11.4 Å². The van der Waals surface area contributed by atoms with Crippen molar-refractivity contribution in [2.75, 3.05) is 36.5 Å². The average Bonchev–Trinajstić information content (AvgIpc) is 2.69. The molecule has 1 aromatic rings. The predicted molar refractivity (Wildman–Crippen MR) is 107 cm³/mol. The van der Waals surface area contributed by atoms with Gasteiger partial charge in [-0.15, -0.1) is 0 Å². The number of benzene rings is 1. The minimum absolute atomic E-state index is 0.00262. The average molecular weight is 402 g/mol. The highest BCUT2D eigenvalue weighted by Crippen LogP contribution is 2.33. The summed E-state index contributed by atoms with van der Waals surface area (Å²) in [5.74, 6) is -1.46. The number of aliphatic carboxylic acids is 1. The molecule has 156 valence electrons. The minimum Gasteiger partial charge on any atom is -0.480 e. The number of rotatable bonds is 7. The first-order chi connectivity index (χ1) is 13.9. The molecule has 9 heteroatoms. The van der Waals surface area contributed by atoms with Crippen LogP contribution in [-0.4, -0.2) is 73.0 Å². The van der Waals surface area contributed by atoms with Gasteiger partial charge in [-0.1, -0.05) is 12.1 Å². The van der Waals surface area contributed by atoms with Gasteiger partial charge in [-0.3, -0.25) is 29.4 Å². The molecule has 1 atom stereocenters. The second kappa shape index (κ2) is 9.04. The maximum atomic E-state index is 12.3. The number of piperidine rings is 2. The molecule has 1 unspecified atom stereocenters. The van der Waals surface area contributed by atoms with E-state index in [0.717, 1.165) is 12.1 Å². The van der Waals surface area contributed by atoms with Gasteiger partial charge in [0.05, 0.1) is 17.9 Å². The van der Waals surface area contributed by atoms with Crippen molar-refractivity contribution in [3.05, 3.63) is 24.3 Å². The summed E-state index contributed by atoms with van der Waals surface area (Å²) in [7, 11) is 1.79. The molecule has 3 rings (SSSR count).